The molecule has 0 aliphatic heterocycles. The van der Waals surface area contributed by atoms with Crippen LogP contribution in [0.3, 0.4) is 0 Å². The monoisotopic (exact) mass is 452 g/mol. The van der Waals surface area contributed by atoms with E-state index in [1.165, 1.54) is 17.4 Å². The van der Waals surface area contributed by atoms with E-state index in [-0.39, 0.29) is 5.91 Å². The molecule has 0 aliphatic rings. The smallest absolute Gasteiger partial charge is 0.250 e. The van der Waals surface area contributed by atoms with Crippen LogP contribution in [-0.4, -0.2) is 31.2 Å². The van der Waals surface area contributed by atoms with E-state index >= 15 is 0 Å². The number of hydrogen-bond acceptors (Lipinski definition) is 6. The number of ether oxygens (including phenoxy) is 3. The molecule has 3 aromatic rings. The predicted octanol–water partition coefficient (Wildman–Crippen LogP) is 6.05. The van der Waals surface area contributed by atoms with Gasteiger partial charge in [-0.1, -0.05) is 19.4 Å². The van der Waals surface area contributed by atoms with Crippen LogP contribution < -0.4 is 19.5 Å². The summed E-state index contributed by atoms with van der Waals surface area (Å²) >= 11 is 1.38. The van der Waals surface area contributed by atoms with Gasteiger partial charge in [-0.3, -0.25) is 10.1 Å². The summed E-state index contributed by atoms with van der Waals surface area (Å²) in [5.41, 5.74) is 2.62. The van der Waals surface area contributed by atoms with E-state index in [4.69, 9.17) is 14.2 Å². The average molecular weight is 453 g/mol. The Bertz CT molecular complexity index is 1040. The summed E-state index contributed by atoms with van der Waals surface area (Å²) in [6, 6.07) is 13.3. The lowest BCUT2D eigenvalue weighted by molar-refractivity contribution is -0.111. The van der Waals surface area contributed by atoms with E-state index in [9.17, 15) is 4.79 Å². The Labute approximate surface area is 192 Å². The normalized spacial score (nSPS) is 10.8. The Balaban J connectivity index is 1.62. The van der Waals surface area contributed by atoms with Crippen LogP contribution in [-0.2, 0) is 4.79 Å². The lowest BCUT2D eigenvalue weighted by Crippen LogP contribution is -2.07. The lowest BCUT2D eigenvalue weighted by Gasteiger charge is -2.12. The molecule has 7 heteroatoms. The van der Waals surface area contributed by atoms with Gasteiger partial charge in [-0.05, 0) is 61.4 Å². The number of nitrogens with one attached hydrogen (secondary N) is 1. The molecule has 0 saturated carbocycles. The summed E-state index contributed by atoms with van der Waals surface area (Å²) in [5.74, 6) is 1.93. The topological polar surface area (TPSA) is 69.7 Å². The molecule has 6 nitrogen and oxygen atoms in total. The average Bonchev–Trinajstić information content (AvgIpc) is 3.27. The van der Waals surface area contributed by atoms with E-state index in [1.54, 1.807) is 13.2 Å². The Morgan fingerprint density at radius 3 is 2.62 bits per heavy atom. The first-order chi connectivity index (χ1) is 15.6. The summed E-state index contributed by atoms with van der Waals surface area (Å²) in [6.45, 7) is 5.25. The van der Waals surface area contributed by atoms with Gasteiger partial charge in [-0.15, -0.1) is 11.3 Å². The third-order valence-electron chi connectivity index (χ3n) is 4.57. The third kappa shape index (κ3) is 6.59. The van der Waals surface area contributed by atoms with E-state index in [0.29, 0.717) is 24.1 Å². The molecule has 32 heavy (non-hydrogen) atoms. The molecule has 0 radical (unpaired) electrons. The van der Waals surface area contributed by atoms with Crippen molar-refractivity contribution in [3.63, 3.8) is 0 Å². The van der Waals surface area contributed by atoms with Gasteiger partial charge in [0.05, 0.1) is 26.0 Å². The summed E-state index contributed by atoms with van der Waals surface area (Å²) < 4.78 is 16.7. The number of thiazole rings is 1. The van der Waals surface area contributed by atoms with Gasteiger partial charge in [0.25, 0.3) is 0 Å². The van der Waals surface area contributed by atoms with Crippen LogP contribution in [0.25, 0.3) is 17.3 Å². The molecule has 3 rings (SSSR count). The quantitative estimate of drug-likeness (QED) is 0.283. The highest BCUT2D eigenvalue weighted by Crippen LogP contribution is 2.29. The molecule has 0 unspecified atom stereocenters. The van der Waals surface area contributed by atoms with Crippen molar-refractivity contribution in [1.82, 2.24) is 4.98 Å². The number of hydrogen-bond donors (Lipinski definition) is 1. The van der Waals surface area contributed by atoms with Gasteiger partial charge in [-0.25, -0.2) is 4.98 Å². The van der Waals surface area contributed by atoms with E-state index < -0.39 is 0 Å². The van der Waals surface area contributed by atoms with Crippen LogP contribution in [0.1, 0.15) is 32.3 Å². The Kier molecular flexibility index (Phi) is 8.69. The molecule has 168 valence electrons. The van der Waals surface area contributed by atoms with Crippen molar-refractivity contribution in [1.29, 1.82) is 0 Å². The Morgan fingerprint density at radius 2 is 1.91 bits per heavy atom. The number of benzene rings is 2. The molecule has 1 amide bonds. The molecule has 0 fully saturated rings. The van der Waals surface area contributed by atoms with E-state index in [2.05, 4.69) is 17.2 Å². The molecule has 2 aromatic carbocycles. The van der Waals surface area contributed by atoms with Gasteiger partial charge in [0.1, 0.15) is 5.75 Å². The van der Waals surface area contributed by atoms with Crippen molar-refractivity contribution in [2.45, 2.75) is 26.7 Å². The Morgan fingerprint density at radius 1 is 1.09 bits per heavy atom. The van der Waals surface area contributed by atoms with Gasteiger partial charge in [0.2, 0.25) is 5.91 Å². The van der Waals surface area contributed by atoms with Gasteiger partial charge in [0.15, 0.2) is 16.6 Å². The van der Waals surface area contributed by atoms with E-state index in [0.717, 1.165) is 41.2 Å². The predicted molar refractivity (Wildman–Crippen MR) is 130 cm³/mol. The number of nitrogens with zero attached hydrogens (tertiary/aromatic N) is 1. The highest BCUT2D eigenvalue weighted by molar-refractivity contribution is 7.14. The van der Waals surface area contributed by atoms with Crippen molar-refractivity contribution >= 4 is 28.5 Å². The van der Waals surface area contributed by atoms with Crippen LogP contribution in [0.4, 0.5) is 5.13 Å². The van der Waals surface area contributed by atoms with Crippen molar-refractivity contribution in [2.75, 3.05) is 25.6 Å². The minimum atomic E-state index is -0.248. The van der Waals surface area contributed by atoms with Crippen molar-refractivity contribution in [3.8, 4) is 28.5 Å². The zero-order valence-electron chi connectivity index (χ0n) is 18.6. The maximum atomic E-state index is 12.4. The molecular weight excluding hydrogens is 424 g/mol. The molecule has 0 bridgehead atoms. The largest absolute Gasteiger partial charge is 0.497 e. The minimum Gasteiger partial charge on any atom is -0.497 e. The Hall–Kier alpha value is -3.32. The zero-order chi connectivity index (χ0) is 22.8. The second-order valence-corrected chi connectivity index (χ2v) is 7.79. The minimum absolute atomic E-state index is 0.248. The zero-order valence-corrected chi connectivity index (χ0v) is 19.4. The van der Waals surface area contributed by atoms with Crippen molar-refractivity contribution < 1.29 is 19.0 Å². The number of rotatable bonds is 11. The van der Waals surface area contributed by atoms with Crippen LogP contribution in [0.2, 0.25) is 0 Å². The molecule has 0 aliphatic carbocycles. The molecule has 1 aromatic heterocycles. The lowest BCUT2D eigenvalue weighted by atomic mass is 10.2. The number of methoxy groups -OCH3 is 1. The SMILES string of the molecule is CCCCOc1ccc(/C=C/C(=O)Nc2nc(-c3ccc(OC)cc3)cs2)cc1OCC. The molecule has 1 heterocycles. The molecular formula is C25H28N2O4S. The third-order valence-corrected chi connectivity index (χ3v) is 5.33. The summed E-state index contributed by atoms with van der Waals surface area (Å²) in [6.07, 6.45) is 5.29. The van der Waals surface area contributed by atoms with Gasteiger partial charge < -0.3 is 14.2 Å². The fourth-order valence-electron chi connectivity index (χ4n) is 2.89. The molecule has 0 spiro atoms. The van der Waals surface area contributed by atoms with Crippen LogP contribution in [0.5, 0.6) is 17.2 Å². The molecule has 0 atom stereocenters. The second-order valence-electron chi connectivity index (χ2n) is 6.93. The highest BCUT2D eigenvalue weighted by Gasteiger charge is 2.08. The second kappa shape index (κ2) is 11.9. The molecule has 1 N–H and O–H groups in total. The van der Waals surface area contributed by atoms with Gasteiger partial charge in [-0.2, -0.15) is 0 Å². The first-order valence-corrected chi connectivity index (χ1v) is 11.5. The van der Waals surface area contributed by atoms with Crippen molar-refractivity contribution in [3.05, 3.63) is 59.5 Å². The van der Waals surface area contributed by atoms with Gasteiger partial charge in [0, 0.05) is 17.0 Å². The fourth-order valence-corrected chi connectivity index (χ4v) is 3.61. The van der Waals surface area contributed by atoms with Gasteiger partial charge >= 0.3 is 0 Å². The van der Waals surface area contributed by atoms with Crippen LogP contribution in [0.15, 0.2) is 53.9 Å². The number of carbonyl (C=O) groups excluding carboxylic acids is 1. The standard InChI is InChI=1S/C25H28N2O4S/c1-4-6-15-31-22-13-7-18(16-23(22)30-5-2)8-14-24(28)27-25-26-21(17-32-25)19-9-11-20(29-3)12-10-19/h7-14,16-17H,4-6,15H2,1-3H3,(H,26,27,28)/b14-8+. The summed E-state index contributed by atoms with van der Waals surface area (Å²) in [4.78, 5) is 16.9. The maximum absolute atomic E-state index is 12.4. The first-order valence-electron chi connectivity index (χ1n) is 10.6. The van der Waals surface area contributed by atoms with Crippen LogP contribution >= 0.6 is 11.3 Å². The number of amides is 1. The highest BCUT2D eigenvalue weighted by atomic mass is 32.1. The maximum Gasteiger partial charge on any atom is 0.250 e. The number of unbranched alkanes of at least 4 members (excludes halogenated alkanes) is 1. The number of anilines is 1. The van der Waals surface area contributed by atoms with Crippen molar-refractivity contribution in [2.24, 2.45) is 0 Å². The summed E-state index contributed by atoms with van der Waals surface area (Å²) in [7, 11) is 1.63. The fraction of sp³-hybridized carbons (Fsp3) is 0.280. The van der Waals surface area contributed by atoms with Crippen LogP contribution in [0, 0.1) is 0 Å². The summed E-state index contributed by atoms with van der Waals surface area (Å²) in [5, 5.41) is 5.26. The van der Waals surface area contributed by atoms with E-state index in [1.807, 2.05) is 54.8 Å². The first kappa shape index (κ1) is 23.3. The molecule has 0 saturated heterocycles. The number of carbonyl (C=O) groups is 1. The number of aromatic nitrogens is 1.